The third-order valence-corrected chi connectivity index (χ3v) is 5.32. The second-order valence-electron chi connectivity index (χ2n) is 7.20. The van der Waals surface area contributed by atoms with Crippen molar-refractivity contribution in [2.45, 2.75) is 38.8 Å². The van der Waals surface area contributed by atoms with E-state index in [4.69, 9.17) is 4.42 Å². The third kappa shape index (κ3) is 3.93. The number of para-hydroxylation sites is 1. The van der Waals surface area contributed by atoms with Crippen molar-refractivity contribution in [2.75, 3.05) is 20.1 Å². The van der Waals surface area contributed by atoms with Crippen LogP contribution in [0.3, 0.4) is 0 Å². The fraction of sp³-hybridized carbons (Fsp3) is 0.429. The van der Waals surface area contributed by atoms with Crippen LogP contribution in [0.2, 0.25) is 0 Å². The van der Waals surface area contributed by atoms with Gasteiger partial charge in [0, 0.05) is 43.7 Å². The molecule has 1 unspecified atom stereocenters. The fourth-order valence-electron chi connectivity index (χ4n) is 3.83. The van der Waals surface area contributed by atoms with E-state index in [1.165, 1.54) is 0 Å². The highest BCUT2D eigenvalue weighted by Gasteiger charge is 2.22. The number of nitrogens with zero attached hydrogens (tertiary/aromatic N) is 3. The first kappa shape index (κ1) is 20.4. The van der Waals surface area contributed by atoms with Crippen LogP contribution in [0.4, 0.5) is 0 Å². The van der Waals surface area contributed by atoms with Crippen molar-refractivity contribution in [2.24, 2.45) is 0 Å². The normalized spacial score (nSPS) is 16.7. The second kappa shape index (κ2) is 8.80. The van der Waals surface area contributed by atoms with Crippen LogP contribution < -0.4 is 5.32 Å². The highest BCUT2D eigenvalue weighted by Crippen LogP contribution is 2.27. The van der Waals surface area contributed by atoms with Crippen LogP contribution >= 0.6 is 12.4 Å². The standard InChI is InChI=1S/C21H26N4O2.ClH/c1-3-19-17(16-8-4-5-9-20(16)27-19)14-24(2)21(26)18-10-12-25(23-18)15-7-6-11-22-13-15;/h4-5,8-10,12,15,22H,3,6-7,11,13-14H2,1-2H3;1H. The molecule has 1 aromatic carbocycles. The van der Waals surface area contributed by atoms with Crippen molar-refractivity contribution in [3.63, 3.8) is 0 Å². The lowest BCUT2D eigenvalue weighted by molar-refractivity contribution is 0.0777. The Morgan fingerprint density at radius 3 is 2.93 bits per heavy atom. The number of carbonyl (C=O) groups excluding carboxylic acids is 1. The molecule has 1 fully saturated rings. The van der Waals surface area contributed by atoms with E-state index in [1.54, 1.807) is 4.90 Å². The summed E-state index contributed by atoms with van der Waals surface area (Å²) in [5.41, 5.74) is 2.45. The molecule has 0 radical (unpaired) electrons. The molecule has 28 heavy (non-hydrogen) atoms. The number of piperidine rings is 1. The van der Waals surface area contributed by atoms with E-state index in [9.17, 15) is 4.79 Å². The molecule has 7 heteroatoms. The maximum absolute atomic E-state index is 12.9. The first-order valence-corrected chi connectivity index (χ1v) is 9.68. The minimum Gasteiger partial charge on any atom is -0.461 e. The van der Waals surface area contributed by atoms with Gasteiger partial charge < -0.3 is 14.6 Å². The molecule has 0 spiro atoms. The number of halogens is 1. The lowest BCUT2D eigenvalue weighted by atomic mass is 10.1. The van der Waals surface area contributed by atoms with Crippen molar-refractivity contribution in [1.29, 1.82) is 0 Å². The number of benzene rings is 1. The maximum atomic E-state index is 12.9. The maximum Gasteiger partial charge on any atom is 0.274 e. The van der Waals surface area contributed by atoms with Crippen molar-refractivity contribution in [3.05, 3.63) is 53.5 Å². The molecular formula is C21H27ClN4O2. The van der Waals surface area contributed by atoms with Gasteiger partial charge in [-0.1, -0.05) is 25.1 Å². The van der Waals surface area contributed by atoms with Crippen LogP contribution in [0, 0.1) is 0 Å². The molecule has 2 aromatic heterocycles. The topological polar surface area (TPSA) is 63.3 Å². The van der Waals surface area contributed by atoms with Crippen LogP contribution in [0.1, 0.15) is 47.6 Å². The van der Waals surface area contributed by atoms with Gasteiger partial charge in [-0.15, -0.1) is 12.4 Å². The molecule has 0 bridgehead atoms. The van der Waals surface area contributed by atoms with E-state index in [0.717, 1.165) is 54.6 Å². The zero-order valence-corrected chi connectivity index (χ0v) is 17.2. The van der Waals surface area contributed by atoms with Crippen LogP contribution in [0.15, 0.2) is 40.9 Å². The van der Waals surface area contributed by atoms with Gasteiger partial charge in [-0.3, -0.25) is 9.48 Å². The van der Waals surface area contributed by atoms with Gasteiger partial charge in [-0.2, -0.15) is 5.10 Å². The molecule has 3 aromatic rings. The summed E-state index contributed by atoms with van der Waals surface area (Å²) >= 11 is 0. The molecule has 0 saturated carbocycles. The zero-order valence-electron chi connectivity index (χ0n) is 16.4. The van der Waals surface area contributed by atoms with Gasteiger partial charge in [0.1, 0.15) is 17.0 Å². The quantitative estimate of drug-likeness (QED) is 0.704. The Bertz CT molecular complexity index is 943. The number of nitrogens with one attached hydrogen (secondary N) is 1. The van der Waals surface area contributed by atoms with Gasteiger partial charge in [0.2, 0.25) is 0 Å². The Labute approximate surface area is 171 Å². The lowest BCUT2D eigenvalue weighted by Crippen LogP contribution is -2.32. The van der Waals surface area contributed by atoms with Crippen molar-refractivity contribution in [3.8, 4) is 0 Å². The highest BCUT2D eigenvalue weighted by atomic mass is 35.5. The molecule has 3 heterocycles. The Balaban J connectivity index is 0.00000225. The minimum atomic E-state index is -0.0650. The third-order valence-electron chi connectivity index (χ3n) is 5.32. The molecule has 1 saturated heterocycles. The summed E-state index contributed by atoms with van der Waals surface area (Å²) in [7, 11) is 1.82. The molecule has 0 aliphatic carbocycles. The Hall–Kier alpha value is -2.31. The average molecular weight is 403 g/mol. The predicted molar refractivity (Wildman–Crippen MR) is 112 cm³/mol. The van der Waals surface area contributed by atoms with E-state index >= 15 is 0 Å². The summed E-state index contributed by atoms with van der Waals surface area (Å²) in [6.45, 7) is 4.55. The Kier molecular flexibility index (Phi) is 6.42. The number of amides is 1. The van der Waals surface area contributed by atoms with Crippen LogP contribution in [-0.4, -0.2) is 40.7 Å². The van der Waals surface area contributed by atoms with E-state index in [1.807, 2.05) is 42.2 Å². The molecule has 4 rings (SSSR count). The molecule has 1 N–H and O–H groups in total. The van der Waals surface area contributed by atoms with E-state index in [-0.39, 0.29) is 18.3 Å². The van der Waals surface area contributed by atoms with Crippen LogP contribution in [0.25, 0.3) is 11.0 Å². The van der Waals surface area contributed by atoms with Crippen molar-refractivity contribution < 1.29 is 9.21 Å². The van der Waals surface area contributed by atoms with Crippen LogP contribution in [-0.2, 0) is 13.0 Å². The number of fused-ring (bicyclic) bond motifs is 1. The zero-order chi connectivity index (χ0) is 18.8. The van der Waals surface area contributed by atoms with Gasteiger partial charge in [-0.05, 0) is 31.5 Å². The summed E-state index contributed by atoms with van der Waals surface area (Å²) in [4.78, 5) is 14.6. The largest absolute Gasteiger partial charge is 0.461 e. The van der Waals surface area contributed by atoms with E-state index in [0.29, 0.717) is 18.3 Å². The predicted octanol–water partition coefficient (Wildman–Crippen LogP) is 3.81. The molecule has 150 valence electrons. The average Bonchev–Trinajstić information content (AvgIpc) is 3.33. The first-order valence-electron chi connectivity index (χ1n) is 9.68. The van der Waals surface area contributed by atoms with Gasteiger partial charge in [0.05, 0.1) is 6.04 Å². The van der Waals surface area contributed by atoms with Crippen molar-refractivity contribution >= 4 is 29.3 Å². The number of hydrogen-bond acceptors (Lipinski definition) is 4. The fourth-order valence-corrected chi connectivity index (χ4v) is 3.83. The monoisotopic (exact) mass is 402 g/mol. The van der Waals surface area contributed by atoms with Gasteiger partial charge in [0.15, 0.2) is 0 Å². The molecule has 1 aliphatic heterocycles. The first-order chi connectivity index (χ1) is 13.2. The van der Waals surface area contributed by atoms with E-state index in [2.05, 4.69) is 23.4 Å². The second-order valence-corrected chi connectivity index (χ2v) is 7.20. The van der Waals surface area contributed by atoms with Gasteiger partial charge in [0.25, 0.3) is 5.91 Å². The summed E-state index contributed by atoms with van der Waals surface area (Å²) in [6.07, 6.45) is 4.96. The summed E-state index contributed by atoms with van der Waals surface area (Å²) < 4.78 is 7.88. The molecule has 1 amide bonds. The Morgan fingerprint density at radius 2 is 2.18 bits per heavy atom. The van der Waals surface area contributed by atoms with Crippen LogP contribution in [0.5, 0.6) is 0 Å². The SMILES string of the molecule is CCc1oc2ccccc2c1CN(C)C(=O)c1ccn(C2CCCNC2)n1.Cl. The number of hydrogen-bond donors (Lipinski definition) is 1. The molecule has 1 aliphatic rings. The summed E-state index contributed by atoms with van der Waals surface area (Å²) in [6, 6.07) is 10.1. The van der Waals surface area contributed by atoms with E-state index < -0.39 is 0 Å². The highest BCUT2D eigenvalue weighted by molar-refractivity contribution is 5.92. The molecular weight excluding hydrogens is 376 g/mol. The Morgan fingerprint density at radius 1 is 1.36 bits per heavy atom. The lowest BCUT2D eigenvalue weighted by Gasteiger charge is -2.23. The number of furan rings is 1. The molecule has 1 atom stereocenters. The number of aromatic nitrogens is 2. The van der Waals surface area contributed by atoms with Gasteiger partial charge in [-0.25, -0.2) is 0 Å². The molecule has 6 nitrogen and oxygen atoms in total. The smallest absolute Gasteiger partial charge is 0.274 e. The number of rotatable bonds is 5. The van der Waals surface area contributed by atoms with Gasteiger partial charge >= 0.3 is 0 Å². The number of aryl methyl sites for hydroxylation is 1. The summed E-state index contributed by atoms with van der Waals surface area (Å²) in [5, 5.41) is 9.02. The number of carbonyl (C=O) groups is 1. The van der Waals surface area contributed by atoms with Crippen molar-refractivity contribution in [1.82, 2.24) is 20.0 Å². The minimum absolute atomic E-state index is 0. The summed E-state index contributed by atoms with van der Waals surface area (Å²) in [5.74, 6) is 0.875.